The smallest absolute Gasteiger partial charge is 0.356 e. The number of aromatic amines is 1. The molecule has 1 fully saturated rings. The first-order valence-corrected chi connectivity index (χ1v) is 7.59. The molecule has 0 bridgehead atoms. The van der Waals surface area contributed by atoms with Gasteiger partial charge in [0.25, 0.3) is 0 Å². The van der Waals surface area contributed by atoms with E-state index in [1.54, 1.807) is 0 Å². The molecule has 0 radical (unpaired) electrons. The van der Waals surface area contributed by atoms with E-state index in [0.717, 1.165) is 38.4 Å². The second kappa shape index (κ2) is 6.40. The van der Waals surface area contributed by atoms with Crippen molar-refractivity contribution in [2.45, 2.75) is 11.6 Å². The van der Waals surface area contributed by atoms with Crippen molar-refractivity contribution in [2.24, 2.45) is 0 Å². The maximum Gasteiger partial charge on any atom is 0.356 e. The molecule has 6 nitrogen and oxygen atoms in total. The minimum Gasteiger partial charge on any atom is -0.476 e. The number of hydrogen-bond donors (Lipinski definition) is 2. The molecule has 2 rings (SSSR count). The number of aromatic nitrogens is 2. The maximum absolute atomic E-state index is 11.1. The summed E-state index contributed by atoms with van der Waals surface area (Å²) >= 11 is 1.43. The van der Waals surface area contributed by atoms with Crippen LogP contribution in [-0.4, -0.2) is 76.9 Å². The van der Waals surface area contributed by atoms with Crippen LogP contribution in [0.4, 0.5) is 0 Å². The molecule has 0 saturated carbocycles. The summed E-state index contributed by atoms with van der Waals surface area (Å²) in [5.41, 5.74) is 0.897. The molecule has 106 valence electrons. The van der Waals surface area contributed by atoms with Gasteiger partial charge in [-0.05, 0) is 13.3 Å². The first-order chi connectivity index (χ1) is 9.10. The van der Waals surface area contributed by atoms with E-state index in [9.17, 15) is 4.79 Å². The molecule has 19 heavy (non-hydrogen) atoms. The number of rotatable bonds is 5. The van der Waals surface area contributed by atoms with Gasteiger partial charge in [0.2, 0.25) is 0 Å². The Morgan fingerprint density at radius 1 is 1.42 bits per heavy atom. The van der Waals surface area contributed by atoms with Crippen molar-refractivity contribution in [2.75, 3.05) is 46.0 Å². The molecule has 1 aliphatic heterocycles. The first-order valence-electron chi connectivity index (χ1n) is 6.37. The van der Waals surface area contributed by atoms with Crippen LogP contribution >= 0.6 is 11.8 Å². The van der Waals surface area contributed by atoms with E-state index in [1.165, 1.54) is 11.8 Å². The molecule has 0 amide bonds. The van der Waals surface area contributed by atoms with Gasteiger partial charge in [0.05, 0.1) is 5.69 Å². The zero-order valence-electron chi connectivity index (χ0n) is 11.3. The van der Waals surface area contributed by atoms with E-state index in [1.807, 2.05) is 6.26 Å². The quantitative estimate of drug-likeness (QED) is 0.772. The minimum atomic E-state index is -0.954. The third-order valence-electron chi connectivity index (χ3n) is 3.43. The van der Waals surface area contributed by atoms with Gasteiger partial charge in [-0.15, -0.1) is 0 Å². The predicted octanol–water partition coefficient (Wildman–Crippen LogP) is 0.620. The summed E-state index contributed by atoms with van der Waals surface area (Å²) in [6, 6.07) is 0. The van der Waals surface area contributed by atoms with Gasteiger partial charge in [-0.25, -0.2) is 9.78 Å². The van der Waals surface area contributed by atoms with Gasteiger partial charge in [0.15, 0.2) is 10.9 Å². The number of likely N-dealkylation sites (N-methyl/N-ethyl adjacent to an activating group) is 1. The molecule has 0 unspecified atom stereocenters. The van der Waals surface area contributed by atoms with Crippen molar-refractivity contribution < 1.29 is 9.90 Å². The second-order valence-electron chi connectivity index (χ2n) is 4.77. The minimum absolute atomic E-state index is 0.165. The van der Waals surface area contributed by atoms with Crippen LogP contribution in [0.25, 0.3) is 0 Å². The summed E-state index contributed by atoms with van der Waals surface area (Å²) in [7, 11) is 2.12. The Morgan fingerprint density at radius 2 is 2.11 bits per heavy atom. The molecule has 7 heteroatoms. The average molecular weight is 284 g/mol. The van der Waals surface area contributed by atoms with Gasteiger partial charge < -0.3 is 19.9 Å². The molecule has 1 saturated heterocycles. The van der Waals surface area contributed by atoms with Crippen LogP contribution in [0, 0.1) is 0 Å². The molecule has 2 heterocycles. The molecule has 1 aromatic heterocycles. The van der Waals surface area contributed by atoms with Gasteiger partial charge in [-0.3, -0.25) is 0 Å². The molecule has 0 aromatic carbocycles. The van der Waals surface area contributed by atoms with Crippen LogP contribution in [0.15, 0.2) is 5.16 Å². The zero-order chi connectivity index (χ0) is 13.8. The molecular weight excluding hydrogens is 264 g/mol. The Hall–Kier alpha value is -1.05. The van der Waals surface area contributed by atoms with Crippen molar-refractivity contribution in [3.63, 3.8) is 0 Å². The largest absolute Gasteiger partial charge is 0.476 e. The fourth-order valence-electron chi connectivity index (χ4n) is 2.18. The second-order valence-corrected chi connectivity index (χ2v) is 5.57. The van der Waals surface area contributed by atoms with Crippen molar-refractivity contribution in [3.05, 3.63) is 11.4 Å². The van der Waals surface area contributed by atoms with Gasteiger partial charge in [0.1, 0.15) is 0 Å². The number of aromatic carboxylic acids is 1. The highest BCUT2D eigenvalue weighted by Crippen LogP contribution is 2.15. The van der Waals surface area contributed by atoms with E-state index in [0.29, 0.717) is 11.6 Å². The lowest BCUT2D eigenvalue weighted by Gasteiger charge is -2.32. The molecular formula is C12H20N4O2S. The fraction of sp³-hybridized carbons (Fsp3) is 0.667. The summed E-state index contributed by atoms with van der Waals surface area (Å²) in [4.78, 5) is 23.0. The molecule has 0 aliphatic carbocycles. The Balaban J connectivity index is 1.95. The number of carbonyl (C=O) groups is 1. The monoisotopic (exact) mass is 284 g/mol. The van der Waals surface area contributed by atoms with Gasteiger partial charge >= 0.3 is 5.97 Å². The van der Waals surface area contributed by atoms with Crippen molar-refractivity contribution in [1.29, 1.82) is 0 Å². The van der Waals surface area contributed by atoms with Crippen LogP contribution in [0.2, 0.25) is 0 Å². The predicted molar refractivity (Wildman–Crippen MR) is 75.0 cm³/mol. The van der Waals surface area contributed by atoms with Gasteiger partial charge in [0, 0.05) is 39.1 Å². The Morgan fingerprint density at radius 3 is 2.68 bits per heavy atom. The third-order valence-corrected chi connectivity index (χ3v) is 4.01. The van der Waals surface area contributed by atoms with Crippen molar-refractivity contribution >= 4 is 17.7 Å². The van der Waals surface area contributed by atoms with E-state index < -0.39 is 5.97 Å². The number of thioether (sulfide) groups is 1. The third kappa shape index (κ3) is 3.71. The Bertz CT molecular complexity index is 441. The highest BCUT2D eigenvalue weighted by Gasteiger charge is 2.18. The number of piperazine rings is 1. The molecule has 1 aromatic rings. The standard InChI is InChI=1S/C12H20N4O2S/c1-15-5-7-16(8-6-15)4-3-9-10(11(17)18)14-12(13-9)19-2/h3-8H2,1-2H3,(H,13,14)(H,17,18). The highest BCUT2D eigenvalue weighted by atomic mass is 32.2. The van der Waals surface area contributed by atoms with E-state index in [2.05, 4.69) is 26.8 Å². The number of carboxylic acid groups (broad SMARTS) is 1. The van der Waals surface area contributed by atoms with Gasteiger partial charge in [-0.2, -0.15) is 0 Å². The van der Waals surface area contributed by atoms with E-state index in [-0.39, 0.29) is 5.69 Å². The molecule has 2 N–H and O–H groups in total. The lowest BCUT2D eigenvalue weighted by Crippen LogP contribution is -2.45. The van der Waals surface area contributed by atoms with E-state index in [4.69, 9.17) is 5.11 Å². The lowest BCUT2D eigenvalue weighted by molar-refractivity contribution is 0.0689. The summed E-state index contributed by atoms with van der Waals surface area (Å²) in [6.07, 6.45) is 2.59. The number of nitrogens with zero attached hydrogens (tertiary/aromatic N) is 3. The van der Waals surface area contributed by atoms with Crippen molar-refractivity contribution in [1.82, 2.24) is 19.8 Å². The van der Waals surface area contributed by atoms with Crippen molar-refractivity contribution in [3.8, 4) is 0 Å². The SMILES string of the molecule is CSc1nc(C(=O)O)c(CCN2CCN(C)CC2)[nH]1. The van der Waals surface area contributed by atoms with Crippen LogP contribution in [0.1, 0.15) is 16.2 Å². The number of carboxylic acids is 1. The van der Waals surface area contributed by atoms with Crippen LogP contribution in [0.5, 0.6) is 0 Å². The molecule has 1 aliphatic rings. The highest BCUT2D eigenvalue weighted by molar-refractivity contribution is 7.98. The first kappa shape index (κ1) is 14.4. The van der Waals surface area contributed by atoms with Crippen LogP contribution in [-0.2, 0) is 6.42 Å². The number of hydrogen-bond acceptors (Lipinski definition) is 5. The average Bonchev–Trinajstić information content (AvgIpc) is 2.81. The van der Waals surface area contributed by atoms with Crippen LogP contribution < -0.4 is 0 Å². The molecule has 0 spiro atoms. The maximum atomic E-state index is 11.1. The van der Waals surface area contributed by atoms with E-state index >= 15 is 0 Å². The number of imidazole rings is 1. The van der Waals surface area contributed by atoms with Gasteiger partial charge in [-0.1, -0.05) is 11.8 Å². The molecule has 0 atom stereocenters. The lowest BCUT2D eigenvalue weighted by atomic mass is 10.2. The summed E-state index contributed by atoms with van der Waals surface area (Å²) in [5.74, 6) is -0.954. The number of nitrogens with one attached hydrogen (secondary N) is 1. The fourth-order valence-corrected chi connectivity index (χ4v) is 2.59. The Labute approximate surface area is 117 Å². The summed E-state index contributed by atoms with van der Waals surface area (Å²) in [6.45, 7) is 5.12. The normalized spacial score (nSPS) is 17.8. The van der Waals surface area contributed by atoms with Crippen LogP contribution in [0.3, 0.4) is 0 Å². The Kier molecular flexibility index (Phi) is 4.84. The topological polar surface area (TPSA) is 72.5 Å². The summed E-state index contributed by atoms with van der Waals surface area (Å²) < 4.78 is 0. The zero-order valence-corrected chi connectivity index (χ0v) is 12.2. The number of H-pyrrole nitrogens is 1. The summed E-state index contributed by atoms with van der Waals surface area (Å²) in [5, 5.41) is 9.81.